The minimum Gasteiger partial charge on any atom is -0.361 e. The zero-order chi connectivity index (χ0) is 13.2. The van der Waals surface area contributed by atoms with Crippen molar-refractivity contribution in [2.24, 2.45) is 0 Å². The van der Waals surface area contributed by atoms with Crippen LogP contribution in [-0.2, 0) is 6.54 Å². The second-order valence-corrected chi connectivity index (χ2v) is 6.05. The van der Waals surface area contributed by atoms with E-state index >= 15 is 0 Å². The van der Waals surface area contributed by atoms with E-state index in [0.29, 0.717) is 6.04 Å². The summed E-state index contributed by atoms with van der Waals surface area (Å²) in [6.07, 6.45) is 1.17. The van der Waals surface area contributed by atoms with E-state index in [-0.39, 0.29) is 0 Å². The smallest absolute Gasteiger partial charge is 0.138 e. The normalized spacial score (nSPS) is 18.3. The summed E-state index contributed by atoms with van der Waals surface area (Å²) < 4.78 is 5.21. The molecule has 0 aliphatic carbocycles. The Hall–Kier alpha value is -1.26. The first-order valence-corrected chi connectivity index (χ1v) is 7.61. The van der Waals surface area contributed by atoms with E-state index in [9.17, 15) is 0 Å². The molecule has 1 aliphatic rings. The number of benzene rings is 1. The van der Waals surface area contributed by atoms with E-state index in [1.165, 1.54) is 28.2 Å². The molecule has 2 heterocycles. The van der Waals surface area contributed by atoms with E-state index in [4.69, 9.17) is 4.52 Å². The van der Waals surface area contributed by atoms with Gasteiger partial charge in [0.05, 0.1) is 5.69 Å². The molecule has 1 aromatic carbocycles. The van der Waals surface area contributed by atoms with Crippen LogP contribution < -0.4 is 5.32 Å². The van der Waals surface area contributed by atoms with Crippen molar-refractivity contribution in [3.63, 3.8) is 0 Å². The maximum Gasteiger partial charge on any atom is 0.138 e. The molecule has 0 saturated carbocycles. The molecular formula is C15H18N2OS. The van der Waals surface area contributed by atoms with Crippen molar-refractivity contribution >= 4 is 11.8 Å². The van der Waals surface area contributed by atoms with Gasteiger partial charge < -0.3 is 9.84 Å². The molecule has 1 aromatic heterocycles. The third kappa shape index (κ3) is 2.55. The molecule has 19 heavy (non-hydrogen) atoms. The van der Waals surface area contributed by atoms with Crippen molar-refractivity contribution in [1.29, 1.82) is 0 Å². The first-order valence-electron chi connectivity index (χ1n) is 6.62. The molecule has 1 atom stereocenters. The minimum atomic E-state index is 0.436. The average molecular weight is 274 g/mol. The summed E-state index contributed by atoms with van der Waals surface area (Å²) >= 11 is 1.95. The van der Waals surface area contributed by atoms with Crippen molar-refractivity contribution in [1.82, 2.24) is 10.5 Å². The summed E-state index contributed by atoms with van der Waals surface area (Å²) in [4.78, 5) is 1.41. The summed E-state index contributed by atoms with van der Waals surface area (Å²) in [6.45, 7) is 4.80. The van der Waals surface area contributed by atoms with E-state index in [1.54, 1.807) is 0 Å². The van der Waals surface area contributed by atoms with Gasteiger partial charge in [0.2, 0.25) is 0 Å². The largest absolute Gasteiger partial charge is 0.361 e. The topological polar surface area (TPSA) is 38.1 Å². The molecule has 0 unspecified atom stereocenters. The second-order valence-electron chi connectivity index (χ2n) is 4.91. The van der Waals surface area contributed by atoms with Crippen LogP contribution in [0.15, 0.2) is 33.7 Å². The summed E-state index contributed by atoms with van der Waals surface area (Å²) in [5.74, 6) is 2.10. The molecule has 0 saturated heterocycles. The van der Waals surface area contributed by atoms with E-state index in [2.05, 4.69) is 34.7 Å². The maximum absolute atomic E-state index is 5.21. The van der Waals surface area contributed by atoms with Crippen molar-refractivity contribution in [2.75, 3.05) is 5.75 Å². The van der Waals surface area contributed by atoms with Crippen molar-refractivity contribution in [3.05, 3.63) is 46.8 Å². The maximum atomic E-state index is 5.21. The fourth-order valence-electron chi connectivity index (χ4n) is 2.53. The van der Waals surface area contributed by atoms with Crippen LogP contribution >= 0.6 is 11.8 Å². The van der Waals surface area contributed by atoms with E-state index in [0.717, 1.165) is 18.0 Å². The Morgan fingerprint density at radius 3 is 3.00 bits per heavy atom. The summed E-state index contributed by atoms with van der Waals surface area (Å²) in [5, 5.41) is 7.65. The van der Waals surface area contributed by atoms with Gasteiger partial charge in [0.25, 0.3) is 0 Å². The van der Waals surface area contributed by atoms with Crippen LogP contribution in [0.3, 0.4) is 0 Å². The van der Waals surface area contributed by atoms with Gasteiger partial charge in [-0.25, -0.2) is 0 Å². The molecule has 100 valence electrons. The molecule has 1 aliphatic heterocycles. The fraction of sp³-hybridized carbons (Fsp3) is 0.400. The highest BCUT2D eigenvalue weighted by Crippen LogP contribution is 2.36. The second kappa shape index (κ2) is 5.39. The van der Waals surface area contributed by atoms with Gasteiger partial charge >= 0.3 is 0 Å². The Morgan fingerprint density at radius 1 is 1.37 bits per heavy atom. The molecule has 0 radical (unpaired) electrons. The molecule has 4 heteroatoms. The standard InChI is InChI=1S/C15H18N2OS/c1-10-13(11(2)18-17-10)9-16-14-7-8-19-15-6-4-3-5-12(14)15/h3-6,14,16H,7-9H2,1-2H3/t14-/m1/s1. The van der Waals surface area contributed by atoms with Crippen LogP contribution in [0.5, 0.6) is 0 Å². The fourth-order valence-corrected chi connectivity index (χ4v) is 3.66. The van der Waals surface area contributed by atoms with Crippen LogP contribution in [0.4, 0.5) is 0 Å². The summed E-state index contributed by atoms with van der Waals surface area (Å²) in [5.41, 5.74) is 3.60. The van der Waals surface area contributed by atoms with Gasteiger partial charge in [0, 0.05) is 23.0 Å². The zero-order valence-electron chi connectivity index (χ0n) is 11.3. The van der Waals surface area contributed by atoms with Crippen molar-refractivity contribution in [2.45, 2.75) is 37.8 Å². The van der Waals surface area contributed by atoms with E-state index < -0.39 is 0 Å². The van der Waals surface area contributed by atoms with Gasteiger partial charge in [-0.2, -0.15) is 0 Å². The number of nitrogens with zero attached hydrogens (tertiary/aromatic N) is 1. The van der Waals surface area contributed by atoms with Gasteiger partial charge in [-0.15, -0.1) is 11.8 Å². The molecule has 3 rings (SSSR count). The zero-order valence-corrected chi connectivity index (χ0v) is 12.1. The van der Waals surface area contributed by atoms with Crippen molar-refractivity contribution < 1.29 is 4.52 Å². The Balaban J connectivity index is 1.75. The van der Waals surface area contributed by atoms with Crippen LogP contribution in [0, 0.1) is 13.8 Å². The highest BCUT2D eigenvalue weighted by Gasteiger charge is 2.20. The average Bonchev–Trinajstić information content (AvgIpc) is 2.76. The number of hydrogen-bond acceptors (Lipinski definition) is 4. The van der Waals surface area contributed by atoms with E-state index in [1.807, 2.05) is 25.6 Å². The Labute approximate surface area is 117 Å². The lowest BCUT2D eigenvalue weighted by molar-refractivity contribution is 0.391. The van der Waals surface area contributed by atoms with Gasteiger partial charge in [-0.1, -0.05) is 23.4 Å². The third-order valence-electron chi connectivity index (χ3n) is 3.66. The highest BCUT2D eigenvalue weighted by molar-refractivity contribution is 7.99. The van der Waals surface area contributed by atoms with Crippen LogP contribution in [-0.4, -0.2) is 10.9 Å². The van der Waals surface area contributed by atoms with Crippen LogP contribution in [0.1, 0.15) is 35.0 Å². The number of hydrogen-bond donors (Lipinski definition) is 1. The highest BCUT2D eigenvalue weighted by atomic mass is 32.2. The first kappa shape index (κ1) is 12.8. The number of rotatable bonds is 3. The molecule has 0 fully saturated rings. The molecule has 3 nitrogen and oxygen atoms in total. The van der Waals surface area contributed by atoms with Crippen LogP contribution in [0.25, 0.3) is 0 Å². The lowest BCUT2D eigenvalue weighted by Crippen LogP contribution is -2.24. The van der Waals surface area contributed by atoms with Crippen molar-refractivity contribution in [3.8, 4) is 0 Å². The van der Waals surface area contributed by atoms with Gasteiger partial charge in [0.1, 0.15) is 5.76 Å². The minimum absolute atomic E-state index is 0.436. The van der Waals surface area contributed by atoms with Gasteiger partial charge in [0.15, 0.2) is 0 Å². The predicted octanol–water partition coefficient (Wildman–Crippen LogP) is 3.62. The number of nitrogens with one attached hydrogen (secondary N) is 1. The Kier molecular flexibility index (Phi) is 3.62. The lowest BCUT2D eigenvalue weighted by Gasteiger charge is -2.26. The molecule has 1 N–H and O–H groups in total. The number of fused-ring (bicyclic) bond motifs is 1. The van der Waals surface area contributed by atoms with Gasteiger partial charge in [-0.3, -0.25) is 0 Å². The number of thioether (sulfide) groups is 1. The Bertz CT molecular complexity index is 560. The van der Waals surface area contributed by atoms with Crippen LogP contribution in [0.2, 0.25) is 0 Å². The molecule has 0 spiro atoms. The lowest BCUT2D eigenvalue weighted by atomic mass is 10.0. The molecule has 0 amide bonds. The molecule has 0 bridgehead atoms. The summed E-state index contributed by atoms with van der Waals surface area (Å²) in [6, 6.07) is 9.11. The summed E-state index contributed by atoms with van der Waals surface area (Å²) in [7, 11) is 0. The predicted molar refractivity (Wildman–Crippen MR) is 77.3 cm³/mol. The first-order chi connectivity index (χ1) is 9.25. The Morgan fingerprint density at radius 2 is 2.21 bits per heavy atom. The quantitative estimate of drug-likeness (QED) is 0.927. The SMILES string of the molecule is Cc1noc(C)c1CN[C@@H]1CCSc2ccccc21. The monoisotopic (exact) mass is 274 g/mol. The molecular weight excluding hydrogens is 256 g/mol. The third-order valence-corrected chi connectivity index (χ3v) is 4.79. The number of aromatic nitrogens is 1. The van der Waals surface area contributed by atoms with Gasteiger partial charge in [-0.05, 0) is 37.7 Å². The number of aryl methyl sites for hydroxylation is 2. The molecule has 2 aromatic rings.